The van der Waals surface area contributed by atoms with Crippen LogP contribution in [0.3, 0.4) is 0 Å². The molecule has 0 bridgehead atoms. The zero-order chi connectivity index (χ0) is 20.0. The van der Waals surface area contributed by atoms with Crippen molar-refractivity contribution in [1.82, 2.24) is 4.90 Å². The summed E-state index contributed by atoms with van der Waals surface area (Å²) in [5.41, 5.74) is 3.01. The molecule has 0 aromatic heterocycles. The lowest BCUT2D eigenvalue weighted by atomic mass is 9.87. The van der Waals surface area contributed by atoms with Gasteiger partial charge in [0.25, 0.3) is 0 Å². The van der Waals surface area contributed by atoms with Crippen LogP contribution in [-0.2, 0) is 12.0 Å². The predicted molar refractivity (Wildman–Crippen MR) is 114 cm³/mol. The molecule has 1 heterocycles. The van der Waals surface area contributed by atoms with Gasteiger partial charge in [-0.2, -0.15) is 0 Å². The third-order valence-electron chi connectivity index (χ3n) is 5.32. The van der Waals surface area contributed by atoms with Crippen LogP contribution in [0.15, 0.2) is 48.5 Å². The van der Waals surface area contributed by atoms with Gasteiger partial charge in [0.15, 0.2) is 11.5 Å². The van der Waals surface area contributed by atoms with E-state index in [1.165, 1.54) is 17.7 Å². The van der Waals surface area contributed by atoms with Crippen LogP contribution in [0.2, 0.25) is 0 Å². The van der Waals surface area contributed by atoms with Gasteiger partial charge in [0.2, 0.25) is 0 Å². The molecule has 0 amide bonds. The van der Waals surface area contributed by atoms with Crippen LogP contribution < -0.4 is 31.4 Å². The van der Waals surface area contributed by atoms with Gasteiger partial charge in [-0.15, -0.1) is 0 Å². The first kappa shape index (κ1) is 23.7. The van der Waals surface area contributed by atoms with Crippen molar-refractivity contribution in [2.24, 2.45) is 0 Å². The van der Waals surface area contributed by atoms with Crippen molar-refractivity contribution < 1.29 is 31.4 Å². The van der Waals surface area contributed by atoms with Gasteiger partial charge < -0.3 is 31.4 Å². The standard InChI is InChI=1S/C24H34N2O2.BrH/c1-5-27-22-8-6-7-9-23(22)28-17-16-25-14-15-26(19-25)18-20-10-12-21(13-11-20)24(2,3)4;/h6-13H,5,14-19H2,1-4H3;1H. The molecule has 160 valence electrons. The van der Waals surface area contributed by atoms with Gasteiger partial charge in [0, 0.05) is 6.54 Å². The lowest BCUT2D eigenvalue weighted by Gasteiger charge is -2.20. The van der Waals surface area contributed by atoms with E-state index in [4.69, 9.17) is 9.47 Å². The summed E-state index contributed by atoms with van der Waals surface area (Å²) in [5, 5.41) is 0. The van der Waals surface area contributed by atoms with E-state index in [1.807, 2.05) is 31.2 Å². The van der Waals surface area contributed by atoms with Gasteiger partial charge in [0.05, 0.1) is 19.7 Å². The minimum absolute atomic E-state index is 0. The van der Waals surface area contributed by atoms with E-state index < -0.39 is 0 Å². The highest BCUT2D eigenvalue weighted by molar-refractivity contribution is 5.39. The molecule has 1 fully saturated rings. The summed E-state index contributed by atoms with van der Waals surface area (Å²) >= 11 is 0. The topological polar surface area (TPSA) is 26.1 Å². The van der Waals surface area contributed by atoms with Crippen molar-refractivity contribution in [3.63, 3.8) is 0 Å². The van der Waals surface area contributed by atoms with Crippen LogP contribution in [0.5, 0.6) is 11.5 Å². The molecule has 1 unspecified atom stereocenters. The number of benzene rings is 2. The highest BCUT2D eigenvalue weighted by Gasteiger charge is 2.23. The molecular formula is C24H35BrN2O2. The average Bonchev–Trinajstić information content (AvgIpc) is 3.10. The molecule has 2 aromatic rings. The first-order chi connectivity index (χ1) is 13.5. The molecule has 0 radical (unpaired) electrons. The number of quaternary nitrogens is 1. The molecule has 0 spiro atoms. The monoisotopic (exact) mass is 462 g/mol. The first-order valence-corrected chi connectivity index (χ1v) is 10.5. The van der Waals surface area contributed by atoms with E-state index in [-0.39, 0.29) is 22.4 Å². The van der Waals surface area contributed by atoms with Gasteiger partial charge in [-0.25, -0.2) is 4.90 Å². The molecule has 29 heavy (non-hydrogen) atoms. The van der Waals surface area contributed by atoms with Gasteiger partial charge in [-0.05, 0) is 35.6 Å². The number of ether oxygens (including phenoxy) is 2. The van der Waals surface area contributed by atoms with Crippen molar-refractivity contribution in [3.05, 3.63) is 59.7 Å². The van der Waals surface area contributed by atoms with Crippen molar-refractivity contribution >= 4 is 0 Å². The van der Waals surface area contributed by atoms with E-state index >= 15 is 0 Å². The van der Waals surface area contributed by atoms with Gasteiger partial charge >= 0.3 is 0 Å². The van der Waals surface area contributed by atoms with Crippen LogP contribution in [0.1, 0.15) is 38.8 Å². The Labute approximate surface area is 186 Å². The summed E-state index contributed by atoms with van der Waals surface area (Å²) in [6, 6.07) is 17.0. The number of hydrogen-bond acceptors (Lipinski definition) is 3. The van der Waals surface area contributed by atoms with E-state index in [0.29, 0.717) is 13.2 Å². The summed E-state index contributed by atoms with van der Waals surface area (Å²) in [5.74, 6) is 1.68. The average molecular weight is 463 g/mol. The van der Waals surface area contributed by atoms with Crippen LogP contribution in [0.25, 0.3) is 0 Å². The second kappa shape index (κ2) is 11.0. The van der Waals surface area contributed by atoms with E-state index in [9.17, 15) is 0 Å². The highest BCUT2D eigenvalue weighted by atomic mass is 79.9. The maximum atomic E-state index is 5.99. The van der Waals surface area contributed by atoms with E-state index in [2.05, 4.69) is 49.9 Å². The Morgan fingerprint density at radius 1 is 0.966 bits per heavy atom. The lowest BCUT2D eigenvalue weighted by Crippen LogP contribution is -3.11. The zero-order valence-corrected chi connectivity index (χ0v) is 19.8. The number of nitrogens with one attached hydrogen (secondary N) is 1. The van der Waals surface area contributed by atoms with Gasteiger partial charge in [-0.1, -0.05) is 57.2 Å². The van der Waals surface area contributed by atoms with Gasteiger partial charge in [0.1, 0.15) is 19.8 Å². The fourth-order valence-corrected chi connectivity index (χ4v) is 3.65. The van der Waals surface area contributed by atoms with E-state index in [0.717, 1.165) is 37.8 Å². The van der Waals surface area contributed by atoms with Crippen LogP contribution in [0, 0.1) is 0 Å². The predicted octanol–water partition coefficient (Wildman–Crippen LogP) is 0.124. The first-order valence-electron chi connectivity index (χ1n) is 10.5. The third-order valence-corrected chi connectivity index (χ3v) is 5.32. The summed E-state index contributed by atoms with van der Waals surface area (Å²) in [7, 11) is 0. The molecule has 1 aliphatic rings. The Balaban J connectivity index is 0.00000300. The second-order valence-electron chi connectivity index (χ2n) is 8.64. The Kier molecular flexibility index (Phi) is 9.00. The summed E-state index contributed by atoms with van der Waals surface area (Å²) in [6.07, 6.45) is 0. The van der Waals surface area contributed by atoms with Gasteiger partial charge in [-0.3, -0.25) is 0 Å². The number of para-hydroxylation sites is 2. The molecule has 4 nitrogen and oxygen atoms in total. The van der Waals surface area contributed by atoms with Crippen molar-refractivity contribution in [2.45, 2.75) is 39.7 Å². The molecule has 0 saturated carbocycles. The minimum atomic E-state index is 0. The quantitative estimate of drug-likeness (QED) is 0.603. The maximum absolute atomic E-state index is 5.99. The molecule has 2 aromatic carbocycles. The number of hydrogen-bond donors (Lipinski definition) is 1. The second-order valence-corrected chi connectivity index (χ2v) is 8.64. The van der Waals surface area contributed by atoms with Crippen molar-refractivity contribution in [1.29, 1.82) is 0 Å². The van der Waals surface area contributed by atoms with E-state index in [1.54, 1.807) is 4.90 Å². The normalized spacial score (nSPS) is 17.0. The Hall–Kier alpha value is -1.56. The molecule has 1 N–H and O–H groups in total. The summed E-state index contributed by atoms with van der Waals surface area (Å²) in [4.78, 5) is 4.12. The smallest absolute Gasteiger partial charge is 0.161 e. The Morgan fingerprint density at radius 3 is 2.24 bits per heavy atom. The largest absolute Gasteiger partial charge is 1.00 e. The Bertz CT molecular complexity index is 743. The number of nitrogens with zero attached hydrogens (tertiary/aromatic N) is 1. The molecule has 1 aliphatic heterocycles. The maximum Gasteiger partial charge on any atom is 0.161 e. The SMILES string of the molecule is CCOc1ccccc1OCC[NH+]1CCN(Cc2ccc(C(C)(C)C)cc2)C1.[Br-]. The summed E-state index contributed by atoms with van der Waals surface area (Å²) in [6.45, 7) is 15.6. The van der Waals surface area contributed by atoms with Crippen molar-refractivity contribution in [3.8, 4) is 11.5 Å². The molecule has 0 aliphatic carbocycles. The molecular weight excluding hydrogens is 428 g/mol. The number of halogens is 1. The number of rotatable bonds is 8. The molecule has 1 atom stereocenters. The van der Waals surface area contributed by atoms with Crippen molar-refractivity contribution in [2.75, 3.05) is 39.5 Å². The van der Waals surface area contributed by atoms with Crippen LogP contribution >= 0.6 is 0 Å². The highest BCUT2D eigenvalue weighted by Crippen LogP contribution is 2.26. The third kappa shape index (κ3) is 7.02. The zero-order valence-electron chi connectivity index (χ0n) is 18.2. The van der Waals surface area contributed by atoms with Crippen LogP contribution in [0.4, 0.5) is 0 Å². The Morgan fingerprint density at radius 2 is 1.62 bits per heavy atom. The summed E-state index contributed by atoms with van der Waals surface area (Å²) < 4.78 is 11.6. The minimum Gasteiger partial charge on any atom is -1.00 e. The lowest BCUT2D eigenvalue weighted by molar-refractivity contribution is -0.892. The fourth-order valence-electron chi connectivity index (χ4n) is 3.65. The fraction of sp³-hybridized carbons (Fsp3) is 0.500. The van der Waals surface area contributed by atoms with Crippen LogP contribution in [-0.4, -0.2) is 44.4 Å². The molecule has 1 saturated heterocycles. The molecule has 3 rings (SSSR count). The molecule has 5 heteroatoms.